The molecule has 6 unspecified atom stereocenters. The zero-order valence-corrected chi connectivity index (χ0v) is 25.9. The molecule has 37 heavy (non-hydrogen) atoms. The first-order chi connectivity index (χ1) is 17.6. The first-order valence-corrected chi connectivity index (χ1v) is 16.4. The summed E-state index contributed by atoms with van der Waals surface area (Å²) in [4.78, 5) is 8.13. The van der Waals surface area contributed by atoms with Crippen LogP contribution in [0.2, 0.25) is 0 Å². The van der Waals surface area contributed by atoms with Gasteiger partial charge in [-0.15, -0.1) is 0 Å². The number of halogens is 1. The van der Waals surface area contributed by atoms with E-state index in [4.69, 9.17) is 4.98 Å². The highest BCUT2D eigenvalue weighted by molar-refractivity contribution is 9.09. The molecule has 4 saturated heterocycles. The minimum absolute atomic E-state index is 0.126. The first-order valence-electron chi connectivity index (χ1n) is 14.6. The zero-order valence-electron chi connectivity index (χ0n) is 23.5. The van der Waals surface area contributed by atoms with Crippen molar-refractivity contribution >= 4 is 27.9 Å². The topological polar surface area (TPSA) is 64.2 Å². The van der Waals surface area contributed by atoms with E-state index in [0.29, 0.717) is 34.5 Å². The number of piperidine rings is 2. The molecule has 5 rings (SSSR count). The van der Waals surface area contributed by atoms with Gasteiger partial charge in [-0.05, 0) is 94.2 Å². The van der Waals surface area contributed by atoms with Crippen molar-refractivity contribution in [2.24, 2.45) is 11.8 Å². The van der Waals surface area contributed by atoms with E-state index >= 15 is 0 Å². The summed E-state index contributed by atoms with van der Waals surface area (Å²) in [5.74, 6) is 1.34. The molecule has 4 aliphatic rings. The molecule has 4 fully saturated rings. The van der Waals surface area contributed by atoms with E-state index < -0.39 is 0 Å². The number of pyridine rings is 1. The molecular formula is C29H49BrN6S. The third-order valence-corrected chi connectivity index (χ3v) is 10.8. The Balaban J connectivity index is 1.41. The van der Waals surface area contributed by atoms with E-state index in [2.05, 4.69) is 88.3 Å². The lowest BCUT2D eigenvalue weighted by Gasteiger charge is -2.46. The largest absolute Gasteiger partial charge is 0.293 e. The summed E-state index contributed by atoms with van der Waals surface area (Å²) >= 11 is 5.81. The molecule has 8 atom stereocenters. The Morgan fingerprint density at radius 3 is 2.70 bits per heavy atom. The predicted molar refractivity (Wildman–Crippen MR) is 159 cm³/mol. The molecule has 0 aromatic carbocycles. The van der Waals surface area contributed by atoms with Crippen LogP contribution in [0.5, 0.6) is 0 Å². The fourth-order valence-corrected chi connectivity index (χ4v) is 8.59. The minimum Gasteiger partial charge on any atom is -0.293 e. The smallest absolute Gasteiger partial charge is 0.0690 e. The van der Waals surface area contributed by atoms with Crippen LogP contribution in [-0.4, -0.2) is 51.2 Å². The Morgan fingerprint density at radius 2 is 1.89 bits per heavy atom. The van der Waals surface area contributed by atoms with Crippen molar-refractivity contribution in [1.29, 1.82) is 0 Å². The highest BCUT2D eigenvalue weighted by Gasteiger charge is 2.45. The van der Waals surface area contributed by atoms with Gasteiger partial charge >= 0.3 is 0 Å². The summed E-state index contributed by atoms with van der Waals surface area (Å²) in [5.41, 5.74) is 2.91. The first kappa shape index (κ1) is 28.3. The molecule has 0 saturated carbocycles. The zero-order chi connectivity index (χ0) is 26.2. The van der Waals surface area contributed by atoms with E-state index in [1.165, 1.54) is 62.7 Å². The van der Waals surface area contributed by atoms with Crippen molar-refractivity contribution < 1.29 is 0 Å². The maximum Gasteiger partial charge on any atom is 0.0690 e. The lowest BCUT2D eigenvalue weighted by molar-refractivity contribution is 0.0343. The van der Waals surface area contributed by atoms with E-state index in [1.807, 2.05) is 18.1 Å². The summed E-state index contributed by atoms with van der Waals surface area (Å²) < 4.78 is 3.81. The van der Waals surface area contributed by atoms with Crippen molar-refractivity contribution in [3.63, 3.8) is 0 Å². The molecule has 4 N–H and O–H groups in total. The van der Waals surface area contributed by atoms with Gasteiger partial charge in [0, 0.05) is 30.7 Å². The normalized spacial score (nSPS) is 39.3. The molecule has 4 bridgehead atoms. The average molecular weight is 594 g/mol. The number of alkyl halides is 1. The quantitative estimate of drug-likeness (QED) is 0.192. The molecule has 8 heteroatoms. The summed E-state index contributed by atoms with van der Waals surface area (Å²) in [6.45, 7) is 14.1. The van der Waals surface area contributed by atoms with Gasteiger partial charge in [0.1, 0.15) is 0 Å². The maximum absolute atomic E-state index is 4.92. The van der Waals surface area contributed by atoms with Crippen LogP contribution < -0.4 is 20.7 Å². The van der Waals surface area contributed by atoms with Crippen molar-refractivity contribution in [2.45, 2.75) is 126 Å². The minimum atomic E-state index is 0.126. The molecule has 1 aromatic heterocycles. The van der Waals surface area contributed by atoms with Crippen molar-refractivity contribution in [2.75, 3.05) is 13.1 Å². The van der Waals surface area contributed by atoms with Gasteiger partial charge in [0.2, 0.25) is 0 Å². The number of hydrogen-bond acceptors (Lipinski definition) is 7. The highest BCUT2D eigenvalue weighted by atomic mass is 79.9. The number of fused-ring (bicyclic) bond motifs is 6. The number of nitrogens with one attached hydrogen (secondary N) is 4. The van der Waals surface area contributed by atoms with Gasteiger partial charge in [-0.25, -0.2) is 0 Å². The van der Waals surface area contributed by atoms with Crippen LogP contribution in [0.4, 0.5) is 0 Å². The van der Waals surface area contributed by atoms with Gasteiger partial charge in [0.05, 0.1) is 34.4 Å². The number of rotatable bonds is 1. The fourth-order valence-electron chi connectivity index (χ4n) is 7.02. The Hall–Kier alpha value is -0.220. The standard InChI is InChI=1S/C29H49BrN6S/c1-28(2,3)21-13-14-31-23(15-21)22-11-9-19-16-29(4,5)36(18-19)27-20(10-12-24(30)34-27)17-32-37-26-8-6-7-25(33-22)35-26/h13-15,19-20,22,24-27,32-35H,6-12,16-18H2,1-5H3/t19-,20?,22+,24?,25?,26?,27?/m0/s1. The van der Waals surface area contributed by atoms with Gasteiger partial charge in [-0.2, -0.15) is 0 Å². The van der Waals surface area contributed by atoms with Gasteiger partial charge in [0.15, 0.2) is 0 Å². The second kappa shape index (κ2) is 11.7. The maximum atomic E-state index is 4.92. The number of hydrogen-bond donors (Lipinski definition) is 4. The molecule has 208 valence electrons. The molecule has 5 heterocycles. The molecule has 0 radical (unpaired) electrons. The lowest BCUT2D eigenvalue weighted by Crippen LogP contribution is -2.60. The summed E-state index contributed by atoms with van der Waals surface area (Å²) in [6, 6.07) is 4.82. The summed E-state index contributed by atoms with van der Waals surface area (Å²) in [5, 5.41) is 12.3. The van der Waals surface area contributed by atoms with Crippen molar-refractivity contribution in [1.82, 2.24) is 30.6 Å². The molecular weight excluding hydrogens is 544 g/mol. The summed E-state index contributed by atoms with van der Waals surface area (Å²) in [6.07, 6.45) is 12.5. The van der Waals surface area contributed by atoms with Crippen molar-refractivity contribution in [3.8, 4) is 0 Å². The highest BCUT2D eigenvalue weighted by Crippen LogP contribution is 2.41. The Bertz CT molecular complexity index is 907. The van der Waals surface area contributed by atoms with E-state index in [1.54, 1.807) is 0 Å². The Morgan fingerprint density at radius 1 is 1.05 bits per heavy atom. The Labute approximate surface area is 237 Å². The third kappa shape index (κ3) is 6.93. The molecule has 1 aromatic rings. The van der Waals surface area contributed by atoms with Crippen LogP contribution in [0.3, 0.4) is 0 Å². The van der Waals surface area contributed by atoms with E-state index in [0.717, 1.165) is 13.0 Å². The summed E-state index contributed by atoms with van der Waals surface area (Å²) in [7, 11) is 0. The number of aromatic nitrogens is 1. The third-order valence-electron chi connectivity index (χ3n) is 9.13. The van der Waals surface area contributed by atoms with Crippen LogP contribution in [0.1, 0.15) is 103 Å². The van der Waals surface area contributed by atoms with E-state index in [-0.39, 0.29) is 17.0 Å². The van der Waals surface area contributed by atoms with Crippen LogP contribution in [0.15, 0.2) is 18.3 Å². The second-order valence-corrected chi connectivity index (χ2v) is 15.8. The monoisotopic (exact) mass is 592 g/mol. The van der Waals surface area contributed by atoms with Crippen molar-refractivity contribution in [3.05, 3.63) is 29.6 Å². The molecule has 0 aliphatic carbocycles. The molecule has 0 spiro atoms. The number of nitrogens with zero attached hydrogens (tertiary/aromatic N) is 2. The Kier molecular flexibility index (Phi) is 8.97. The molecule has 4 aliphatic heterocycles. The van der Waals surface area contributed by atoms with Crippen LogP contribution >= 0.6 is 27.9 Å². The molecule has 6 nitrogen and oxygen atoms in total. The fraction of sp³-hybridized carbons (Fsp3) is 0.828. The second-order valence-electron chi connectivity index (χ2n) is 13.6. The van der Waals surface area contributed by atoms with Crippen LogP contribution in [-0.2, 0) is 5.41 Å². The van der Waals surface area contributed by atoms with Gasteiger partial charge in [-0.1, -0.05) is 48.6 Å². The molecule has 0 amide bonds. The van der Waals surface area contributed by atoms with E-state index in [9.17, 15) is 0 Å². The SMILES string of the molecule is CC(C)(C)c1ccnc([C@H]2CC[C@@H]3CN(C4NC(Br)CCC4CNSC4CCCC(N4)N2)C(C)(C)C3)c1. The average Bonchev–Trinajstić information content (AvgIpc) is 3.15. The van der Waals surface area contributed by atoms with Gasteiger partial charge in [-0.3, -0.25) is 30.6 Å². The van der Waals surface area contributed by atoms with Gasteiger partial charge in [0.25, 0.3) is 0 Å². The lowest BCUT2D eigenvalue weighted by atomic mass is 9.86. The van der Waals surface area contributed by atoms with Gasteiger partial charge < -0.3 is 0 Å². The predicted octanol–water partition coefficient (Wildman–Crippen LogP) is 5.61. The van der Waals surface area contributed by atoms with Crippen LogP contribution in [0, 0.1) is 11.8 Å². The van der Waals surface area contributed by atoms with Crippen LogP contribution in [0.25, 0.3) is 0 Å².